The van der Waals surface area contributed by atoms with Crippen molar-refractivity contribution in [3.05, 3.63) is 118 Å². The number of ether oxygens (including phenoxy) is 9. The molecule has 8 aliphatic rings. The molecule has 13 rings (SSSR count). The van der Waals surface area contributed by atoms with E-state index in [2.05, 4.69) is 31.9 Å². The van der Waals surface area contributed by atoms with E-state index in [1.54, 1.807) is 21.1 Å². The van der Waals surface area contributed by atoms with Crippen molar-refractivity contribution >= 4 is 58.9 Å². The van der Waals surface area contributed by atoms with Crippen molar-refractivity contribution in [2.24, 2.45) is 23.1 Å². The summed E-state index contributed by atoms with van der Waals surface area (Å²) in [4.78, 5) is 121. The van der Waals surface area contributed by atoms with E-state index in [-0.39, 0.29) is 62.9 Å². The molecule has 3 saturated heterocycles. The van der Waals surface area contributed by atoms with E-state index < -0.39 is 250 Å². The van der Waals surface area contributed by atoms with Gasteiger partial charge in [-0.15, -0.1) is 0 Å². The van der Waals surface area contributed by atoms with Crippen LogP contribution in [0.25, 0.3) is 11.1 Å². The van der Waals surface area contributed by atoms with E-state index in [9.17, 15) is 60.3 Å². The first-order valence-electron chi connectivity index (χ1n) is 36.4. The molecule has 0 aromatic heterocycles. The van der Waals surface area contributed by atoms with Gasteiger partial charge in [0.05, 0.1) is 70.7 Å². The molecule has 36 nitrogen and oxygen atoms in total. The van der Waals surface area contributed by atoms with Crippen LogP contribution in [-0.2, 0) is 66.8 Å². The molecule has 113 heavy (non-hydrogen) atoms. The van der Waals surface area contributed by atoms with Gasteiger partial charge in [-0.1, -0.05) is 49.7 Å². The first-order chi connectivity index (χ1) is 53.1. The summed E-state index contributed by atoms with van der Waals surface area (Å²) >= 11 is 7.19. The molecular weight excluding hydrogens is 1500 g/mol. The number of quaternary nitrogens is 1. The fourth-order valence-corrected chi connectivity index (χ4v) is 14.9. The monoisotopic (exact) mass is 1600 g/mol. The lowest BCUT2D eigenvalue weighted by molar-refractivity contribution is -0.887. The molecular formula is C76H96ClN10O26+. The predicted molar refractivity (Wildman–Crippen MR) is 394 cm³/mol. The Bertz CT molecular complexity index is 4450. The topological polar surface area (TPSA) is 552 Å². The van der Waals surface area contributed by atoms with Gasteiger partial charge in [0.25, 0.3) is 5.91 Å². The Morgan fingerprint density at radius 3 is 1.86 bits per heavy atom. The predicted octanol–water partition coefficient (Wildman–Crippen LogP) is 0.265. The lowest BCUT2D eigenvalue weighted by atomic mass is 9.86. The number of hydrogen-bond acceptors (Lipinski definition) is 28. The zero-order valence-electron chi connectivity index (χ0n) is 63.3. The van der Waals surface area contributed by atoms with Crippen LogP contribution in [0.3, 0.4) is 0 Å². The largest absolute Gasteiger partial charge is 0.508 e. The highest BCUT2D eigenvalue weighted by molar-refractivity contribution is 6.32. The SMILES string of the molecule is COC(=O)C1NC(=O)C2NC(=O)C(NC(=O)C3NC(=O)C(CC(N)=O)NC(=O)C(NC(=O)C(CC(C)C)[N+](C)(C)C)C(O)c4ccc(c(Cl)c4)Oc4cc3cc(c4O[C@@H]3O[C@H](CO)[C@@H](O)[C@H](O)[C@H]3O[C@H]3C[C@](C)(N)[C@@H](O)[C@H](C)O3)Oc3ccc(cc3)C2O[C@H]2C[C@](C)(N)[C@@H](O)[C@H](C)O2)c2ccc(O)c(c2)-c2c(O)cc(O)cc21. The van der Waals surface area contributed by atoms with E-state index in [1.807, 2.05) is 13.8 Å². The van der Waals surface area contributed by atoms with Crippen molar-refractivity contribution in [1.82, 2.24) is 31.9 Å². The molecule has 21 N–H and O–H groups in total. The fraction of sp³-hybridized carbons (Fsp3) is 0.500. The van der Waals surface area contributed by atoms with E-state index in [0.717, 1.165) is 49.6 Å². The number of likely N-dealkylation sites (N-methyl/N-ethyl adjacent to an activating group) is 1. The van der Waals surface area contributed by atoms with Crippen LogP contribution in [-0.4, -0.2) is 236 Å². The molecule has 3 fully saturated rings. The summed E-state index contributed by atoms with van der Waals surface area (Å²) < 4.78 is 57.2. The minimum Gasteiger partial charge on any atom is -0.508 e. The summed E-state index contributed by atoms with van der Waals surface area (Å²) in [6.45, 7) is 8.80. The number of nitrogens with zero attached hydrogens (tertiary/aromatic N) is 1. The number of nitrogens with one attached hydrogen (secondary N) is 6. The van der Waals surface area contributed by atoms with E-state index >= 15 is 24.0 Å². The highest BCUT2D eigenvalue weighted by Gasteiger charge is 2.53. The number of amides is 7. The van der Waals surface area contributed by atoms with Crippen LogP contribution in [0.2, 0.25) is 5.02 Å². The van der Waals surface area contributed by atoms with Gasteiger partial charge in [-0.05, 0) is 110 Å². The smallest absolute Gasteiger partial charge is 0.333 e. The Balaban J connectivity index is 1.18. The first kappa shape index (κ1) is 84.3. The molecule has 37 heteroatoms. The molecule has 0 saturated carbocycles. The molecule has 22 atom stereocenters. The molecule has 8 heterocycles. The van der Waals surface area contributed by atoms with Crippen LogP contribution >= 0.6 is 11.6 Å². The average molecular weight is 1600 g/mol. The number of aliphatic hydroxyl groups is 6. The molecule has 8 aliphatic heterocycles. The highest BCUT2D eigenvalue weighted by Crippen LogP contribution is 2.50. The number of carbonyl (C=O) groups is 8. The number of halogens is 1. The van der Waals surface area contributed by atoms with Gasteiger partial charge >= 0.3 is 5.97 Å². The summed E-state index contributed by atoms with van der Waals surface area (Å²) in [7, 11) is 6.16. The second-order valence-corrected chi connectivity index (χ2v) is 31.5. The minimum atomic E-state index is -2.33. The Kier molecular flexibility index (Phi) is 25.0. The van der Waals surface area contributed by atoms with Crippen LogP contribution in [0.1, 0.15) is 125 Å². The Labute approximate surface area is 652 Å². The molecule has 5 aromatic rings. The number of fused-ring (bicyclic) bond motifs is 15. The van der Waals surface area contributed by atoms with Gasteiger partial charge in [0, 0.05) is 53.1 Å². The molecule has 11 bridgehead atoms. The number of esters is 1. The van der Waals surface area contributed by atoms with E-state index in [4.69, 9.17) is 71.4 Å². The minimum absolute atomic E-state index is 0.00592. The highest BCUT2D eigenvalue weighted by atomic mass is 35.5. The number of aliphatic hydroxyl groups excluding tert-OH is 6. The lowest BCUT2D eigenvalue weighted by Gasteiger charge is -2.47. The zero-order chi connectivity index (χ0) is 82.5. The van der Waals surface area contributed by atoms with Gasteiger partial charge in [-0.3, -0.25) is 33.6 Å². The van der Waals surface area contributed by atoms with E-state index in [0.29, 0.717) is 0 Å². The average Bonchev–Trinajstić information content (AvgIpc) is 0.764. The van der Waals surface area contributed by atoms with Crippen molar-refractivity contribution < 1.29 is 131 Å². The second kappa shape index (κ2) is 33.4. The van der Waals surface area contributed by atoms with Gasteiger partial charge in [-0.2, -0.15) is 0 Å². The molecule has 7 amide bonds. The van der Waals surface area contributed by atoms with Gasteiger partial charge < -0.3 is 142 Å². The molecule has 0 spiro atoms. The molecule has 9 unspecified atom stereocenters. The third-order valence-electron chi connectivity index (χ3n) is 20.8. The van der Waals surface area contributed by atoms with Gasteiger partial charge in [-0.25, -0.2) is 4.79 Å². The van der Waals surface area contributed by atoms with Crippen LogP contribution in [0.5, 0.6) is 46.0 Å². The number of nitrogens with two attached hydrogens (primary N) is 3. The summed E-state index contributed by atoms with van der Waals surface area (Å²) in [5.74, 6) is -14.4. The Morgan fingerprint density at radius 1 is 0.673 bits per heavy atom. The quantitative estimate of drug-likeness (QED) is 0.0494. The zero-order valence-corrected chi connectivity index (χ0v) is 64.0. The standard InChI is InChI=1S/C76H95ClN10O26/c1-30(2)19-43(87(7,8)9)68(99)85-57-59(93)35-14-18-46(41(77)21-35)109-48-23-36-22-47(63(48)113-74-64(61(95)60(94)49(29-88)110-74)112-52-28-76(6,80)66(97)32(4)107-52)108-38-15-11-33(12-16-38)62(111-51-27-75(5,79)65(96)31(3)106-51)58-72(103)84-56(73(104)105-10)40-24-37(89)25-45(91)53(40)39-20-34(13-17-44(39)90)54(69(100)86-58)83-70(101)55(36)82-67(98)42(26-50(78)92)81-71(57)102/h11-18,20-25,30-32,42-43,49,51-52,54-62,64-66,74,88,93-97H,19,26-29,79-80H2,1-10H3,(H10-,78,81,82,83,84,85,86,89,90,91,92,98,99,100,101,102,103)/p+1/t31-,32-,42?,43?,49+,51-,52-,54?,55?,56?,57?,58?,59?,60+,61-,62?,64+,65-,66-,74-,75-,76-/m0/s1. The number of primary amides is 1. The number of phenolic OH excluding ortho intramolecular Hbond substituents is 3. The third kappa shape index (κ3) is 18.2. The van der Waals surface area contributed by atoms with E-state index in [1.165, 1.54) is 70.2 Å². The number of rotatable bonds is 15. The fourth-order valence-electron chi connectivity index (χ4n) is 14.7. The number of hydrogen-bond donors (Lipinski definition) is 18. The number of aromatic hydroxyl groups is 3. The number of methoxy groups -OCH3 is 1. The van der Waals surface area contributed by atoms with Crippen LogP contribution in [0.4, 0.5) is 0 Å². The number of carbonyl (C=O) groups excluding carboxylic acids is 8. The summed E-state index contributed by atoms with van der Waals surface area (Å²) in [5.41, 5.74) is 14.1. The van der Waals surface area contributed by atoms with Gasteiger partial charge in [0.15, 0.2) is 42.3 Å². The Morgan fingerprint density at radius 2 is 1.27 bits per heavy atom. The Hall–Kier alpha value is -9.61. The van der Waals surface area contributed by atoms with Crippen molar-refractivity contribution in [3.8, 4) is 57.1 Å². The first-order valence-corrected chi connectivity index (χ1v) is 36.8. The van der Waals surface area contributed by atoms with Gasteiger partial charge in [0.2, 0.25) is 47.5 Å². The summed E-state index contributed by atoms with van der Waals surface area (Å²) in [6, 6.07) is 2.48. The molecule has 0 aliphatic carbocycles. The summed E-state index contributed by atoms with van der Waals surface area (Å²) in [5, 5.41) is 119. The summed E-state index contributed by atoms with van der Waals surface area (Å²) in [6.07, 6.45) is -22.1. The second-order valence-electron chi connectivity index (χ2n) is 31.1. The molecule has 5 aromatic carbocycles. The van der Waals surface area contributed by atoms with Crippen LogP contribution in [0, 0.1) is 5.92 Å². The maximum atomic E-state index is 16.4. The third-order valence-corrected chi connectivity index (χ3v) is 21.1. The van der Waals surface area contributed by atoms with Crippen molar-refractivity contribution in [2.75, 3.05) is 34.9 Å². The van der Waals surface area contributed by atoms with Crippen molar-refractivity contribution in [1.29, 1.82) is 0 Å². The lowest BCUT2D eigenvalue weighted by Crippen LogP contribution is -2.64. The van der Waals surface area contributed by atoms with Crippen LogP contribution < -0.4 is 63.3 Å². The maximum absolute atomic E-state index is 16.4. The number of benzene rings is 5. The molecule has 0 radical (unpaired) electrons. The normalized spacial score (nSPS) is 31.8. The van der Waals surface area contributed by atoms with Crippen molar-refractivity contribution in [2.45, 2.75) is 201 Å². The van der Waals surface area contributed by atoms with Gasteiger partial charge in [0.1, 0.15) is 89.5 Å². The molecule has 612 valence electrons. The van der Waals surface area contributed by atoms with Crippen LogP contribution in [0.15, 0.2) is 84.9 Å². The maximum Gasteiger partial charge on any atom is 0.333 e. The number of phenols is 3. The van der Waals surface area contributed by atoms with Crippen molar-refractivity contribution in [3.63, 3.8) is 0 Å².